The van der Waals surface area contributed by atoms with E-state index in [0.29, 0.717) is 11.6 Å². The van der Waals surface area contributed by atoms with E-state index >= 15 is 0 Å². The van der Waals surface area contributed by atoms with Gasteiger partial charge < -0.3 is 4.98 Å². The Labute approximate surface area is 214 Å². The van der Waals surface area contributed by atoms with E-state index in [9.17, 15) is 8.78 Å². The summed E-state index contributed by atoms with van der Waals surface area (Å²) < 4.78 is 29.7. The molecular formula is C28H27F2N3Pt. The Morgan fingerprint density at radius 2 is 1.71 bits per heavy atom. The molecule has 2 aromatic carbocycles. The number of para-hydroxylation sites is 1. The number of hydrogen-bond acceptors (Lipinski definition) is 2. The maximum atomic E-state index is 14.4. The molecule has 4 aromatic rings. The van der Waals surface area contributed by atoms with Gasteiger partial charge in [0.1, 0.15) is 0 Å². The van der Waals surface area contributed by atoms with Gasteiger partial charge in [0, 0.05) is 28.9 Å². The minimum absolute atomic E-state index is 0. The van der Waals surface area contributed by atoms with E-state index in [1.54, 1.807) is 6.07 Å². The average Bonchev–Trinajstić information content (AvgIpc) is 3.25. The van der Waals surface area contributed by atoms with Gasteiger partial charge in [0.2, 0.25) is 0 Å². The summed E-state index contributed by atoms with van der Waals surface area (Å²) in [5, 5.41) is 4.98. The Hall–Kier alpha value is -2.65. The standard InChI is InChI=1S/C28H27F2N3.Pt/c1-18(2)19(3)25-17-27(32-33(25)21-10-7-6-8-11-21)28(4,5)26-13-9-12-24(31-26)22-15-14-20(29)16-23(22)30;/h6-10,12-14,16-19H,1-5H3;/q-2;+2. The molecule has 0 aliphatic carbocycles. The van der Waals surface area contributed by atoms with Crippen LogP contribution in [0.15, 0.2) is 60.7 Å². The first-order valence-corrected chi connectivity index (χ1v) is 11.1. The summed E-state index contributed by atoms with van der Waals surface area (Å²) in [6, 6.07) is 23.3. The first-order chi connectivity index (χ1) is 15.7. The van der Waals surface area contributed by atoms with E-state index in [4.69, 9.17) is 10.1 Å². The largest absolute Gasteiger partial charge is 2.00 e. The van der Waals surface area contributed by atoms with Crippen LogP contribution in [0.25, 0.3) is 16.9 Å². The van der Waals surface area contributed by atoms with Crippen LogP contribution in [0.1, 0.15) is 57.6 Å². The molecule has 3 nitrogen and oxygen atoms in total. The summed E-state index contributed by atoms with van der Waals surface area (Å²) in [6.45, 7) is 10.7. The fourth-order valence-corrected chi connectivity index (χ4v) is 3.77. The Kier molecular flexibility index (Phi) is 7.87. The summed E-state index contributed by atoms with van der Waals surface area (Å²) in [5.41, 5.74) is 3.57. The fourth-order valence-electron chi connectivity index (χ4n) is 3.77. The molecule has 1 unspecified atom stereocenters. The number of aromatic nitrogens is 3. The topological polar surface area (TPSA) is 30.7 Å². The zero-order valence-corrected chi connectivity index (χ0v) is 22.1. The van der Waals surface area contributed by atoms with E-state index < -0.39 is 17.0 Å². The molecule has 0 aliphatic heterocycles. The third-order valence-electron chi connectivity index (χ3n) is 6.27. The zero-order valence-electron chi connectivity index (χ0n) is 19.8. The van der Waals surface area contributed by atoms with E-state index in [0.717, 1.165) is 34.9 Å². The van der Waals surface area contributed by atoms with Crippen molar-refractivity contribution in [1.29, 1.82) is 0 Å². The molecule has 34 heavy (non-hydrogen) atoms. The smallest absolute Gasteiger partial charge is 0.300 e. The Bertz CT molecular complexity index is 1270. The van der Waals surface area contributed by atoms with Gasteiger partial charge in [-0.15, -0.1) is 18.2 Å². The average molecular weight is 639 g/mol. The van der Waals surface area contributed by atoms with Crippen LogP contribution in [0.3, 0.4) is 0 Å². The first-order valence-electron chi connectivity index (χ1n) is 11.1. The van der Waals surface area contributed by atoms with E-state index in [-0.39, 0.29) is 32.5 Å². The normalized spacial score (nSPS) is 12.5. The van der Waals surface area contributed by atoms with Gasteiger partial charge in [0.15, 0.2) is 0 Å². The van der Waals surface area contributed by atoms with Crippen molar-refractivity contribution in [2.24, 2.45) is 5.92 Å². The summed E-state index contributed by atoms with van der Waals surface area (Å²) in [6.07, 6.45) is 0. The minimum atomic E-state index is -0.686. The minimum Gasteiger partial charge on any atom is -0.300 e. The van der Waals surface area contributed by atoms with Gasteiger partial charge in [0.05, 0.1) is 11.1 Å². The Morgan fingerprint density at radius 3 is 2.35 bits per heavy atom. The third kappa shape index (κ3) is 5.05. The maximum Gasteiger partial charge on any atom is 2.00 e. The van der Waals surface area contributed by atoms with Crippen LogP contribution < -0.4 is 0 Å². The molecular weight excluding hydrogens is 611 g/mol. The summed E-state index contributed by atoms with van der Waals surface area (Å²) in [7, 11) is 0. The number of hydrogen-bond donors (Lipinski definition) is 0. The van der Waals surface area contributed by atoms with Gasteiger partial charge in [-0.1, -0.05) is 44.5 Å². The van der Waals surface area contributed by atoms with E-state index in [1.165, 1.54) is 0 Å². The molecule has 0 saturated carbocycles. The van der Waals surface area contributed by atoms with Crippen molar-refractivity contribution >= 4 is 0 Å². The molecule has 178 valence electrons. The van der Waals surface area contributed by atoms with Crippen molar-refractivity contribution in [2.75, 3.05) is 0 Å². The molecule has 0 radical (unpaired) electrons. The predicted octanol–water partition coefficient (Wildman–Crippen LogP) is 6.90. The van der Waals surface area contributed by atoms with Crippen LogP contribution in [0.4, 0.5) is 8.78 Å². The van der Waals surface area contributed by atoms with Gasteiger partial charge >= 0.3 is 21.1 Å². The molecule has 4 rings (SSSR count). The number of pyridine rings is 1. The molecule has 0 amide bonds. The monoisotopic (exact) mass is 638 g/mol. The molecule has 6 heteroatoms. The van der Waals surface area contributed by atoms with Crippen LogP contribution in [0, 0.1) is 29.7 Å². The van der Waals surface area contributed by atoms with Crippen LogP contribution in [-0.2, 0) is 26.5 Å². The van der Waals surface area contributed by atoms with Gasteiger partial charge in [0.25, 0.3) is 0 Å². The number of benzene rings is 2. The maximum absolute atomic E-state index is 14.4. The van der Waals surface area contributed by atoms with E-state index in [1.807, 2.05) is 41.1 Å². The summed E-state index contributed by atoms with van der Waals surface area (Å²) in [4.78, 5) is 4.72. The molecule has 2 aromatic heterocycles. The van der Waals surface area contributed by atoms with Crippen molar-refractivity contribution in [3.05, 3.63) is 102 Å². The van der Waals surface area contributed by atoms with Crippen molar-refractivity contribution in [1.82, 2.24) is 14.8 Å². The number of halogens is 2. The van der Waals surface area contributed by atoms with Crippen LogP contribution in [0.2, 0.25) is 0 Å². The SMILES string of the molecule is CC(C)C(C)c1cc(C(C)(C)c2cccc(-c3[c-]cc(F)cc3F)n2)nn1-c1[c-]cccc1.[Pt+2]. The molecule has 0 saturated heterocycles. The van der Waals surface area contributed by atoms with Crippen LogP contribution >= 0.6 is 0 Å². The zero-order chi connectivity index (χ0) is 23.8. The Morgan fingerprint density at radius 1 is 0.941 bits per heavy atom. The van der Waals surface area contributed by atoms with Crippen LogP contribution in [0.5, 0.6) is 0 Å². The third-order valence-corrected chi connectivity index (χ3v) is 6.27. The van der Waals surface area contributed by atoms with Crippen LogP contribution in [-0.4, -0.2) is 14.8 Å². The van der Waals surface area contributed by atoms with Crippen molar-refractivity contribution in [3.8, 4) is 16.9 Å². The van der Waals surface area contributed by atoms with Gasteiger partial charge in [-0.05, 0) is 43.3 Å². The fraction of sp³-hybridized carbons (Fsp3) is 0.286. The van der Waals surface area contributed by atoms with E-state index in [2.05, 4.69) is 52.8 Å². The number of nitrogens with zero attached hydrogens (tertiary/aromatic N) is 3. The first kappa shape index (κ1) is 26.0. The molecule has 2 heterocycles. The predicted molar refractivity (Wildman–Crippen MR) is 126 cm³/mol. The molecule has 0 fully saturated rings. The van der Waals surface area contributed by atoms with Crippen molar-refractivity contribution < 1.29 is 29.8 Å². The summed E-state index contributed by atoms with van der Waals surface area (Å²) in [5.74, 6) is -0.645. The van der Waals surface area contributed by atoms with Gasteiger partial charge in [-0.2, -0.15) is 29.4 Å². The van der Waals surface area contributed by atoms with Crippen molar-refractivity contribution in [2.45, 2.75) is 46.0 Å². The Balaban J connectivity index is 0.00000324. The molecule has 1 atom stereocenters. The second-order valence-electron chi connectivity index (χ2n) is 9.22. The van der Waals surface area contributed by atoms with Gasteiger partial charge in [-0.3, -0.25) is 13.5 Å². The molecule has 0 aliphatic rings. The van der Waals surface area contributed by atoms with Crippen molar-refractivity contribution in [3.63, 3.8) is 0 Å². The van der Waals surface area contributed by atoms with Gasteiger partial charge in [-0.25, -0.2) is 0 Å². The molecule has 0 bridgehead atoms. The summed E-state index contributed by atoms with van der Waals surface area (Å²) >= 11 is 0. The number of rotatable bonds is 6. The molecule has 0 N–H and O–H groups in total. The second-order valence-corrected chi connectivity index (χ2v) is 9.22. The quantitative estimate of drug-likeness (QED) is 0.215. The molecule has 0 spiro atoms. The second kappa shape index (κ2) is 10.3.